The van der Waals surface area contributed by atoms with E-state index in [-0.39, 0.29) is 42.2 Å². The molecular weight excluding hydrogens is 318 g/mol. The molecule has 3 unspecified atom stereocenters. The van der Waals surface area contributed by atoms with Gasteiger partial charge in [-0.15, -0.1) is 12.4 Å². The first-order valence-electron chi connectivity index (χ1n) is 8.64. The molecule has 3 aliphatic rings. The number of carbonyl (C=O) groups is 2. The van der Waals surface area contributed by atoms with Crippen LogP contribution < -0.4 is 10.6 Å². The number of hydrogen-bond donors (Lipinski definition) is 3. The molecule has 2 heterocycles. The smallest absolute Gasteiger partial charge is 0.237 e. The van der Waals surface area contributed by atoms with Crippen molar-refractivity contribution in [3.05, 3.63) is 0 Å². The zero-order chi connectivity index (χ0) is 15.5. The highest BCUT2D eigenvalue weighted by atomic mass is 35.5. The minimum Gasteiger partial charge on any atom is -0.392 e. The van der Waals surface area contributed by atoms with Crippen molar-refractivity contribution in [3.8, 4) is 0 Å². The number of aliphatic hydroxyl groups excluding tert-OH is 1. The van der Waals surface area contributed by atoms with E-state index in [9.17, 15) is 14.7 Å². The Morgan fingerprint density at radius 1 is 1.13 bits per heavy atom. The third-order valence-corrected chi connectivity index (χ3v) is 5.22. The minimum atomic E-state index is -0.427. The van der Waals surface area contributed by atoms with Crippen molar-refractivity contribution in [3.63, 3.8) is 0 Å². The molecule has 2 aliphatic heterocycles. The standard InChI is InChI=1S/C16H27N3O3.ClH/c20-13-8-14(17-9-13)15(21)18-12-6-7-19(10-12)16(22)11-4-2-1-3-5-11;/h11-14,17,20H,1-10H2,(H,18,21);1H. The number of nitrogens with one attached hydrogen (secondary N) is 2. The third kappa shape index (κ3) is 4.58. The van der Waals surface area contributed by atoms with Crippen LogP contribution >= 0.6 is 12.4 Å². The van der Waals surface area contributed by atoms with Gasteiger partial charge in [-0.05, 0) is 25.7 Å². The molecule has 1 aliphatic carbocycles. The number of amides is 2. The summed E-state index contributed by atoms with van der Waals surface area (Å²) in [5.74, 6) is 0.439. The van der Waals surface area contributed by atoms with E-state index in [1.165, 1.54) is 19.3 Å². The van der Waals surface area contributed by atoms with Crippen LogP contribution in [0.4, 0.5) is 0 Å². The quantitative estimate of drug-likeness (QED) is 0.693. The Hall–Kier alpha value is -0.850. The van der Waals surface area contributed by atoms with Gasteiger partial charge in [-0.25, -0.2) is 0 Å². The summed E-state index contributed by atoms with van der Waals surface area (Å²) in [6.45, 7) is 1.87. The molecule has 3 atom stereocenters. The number of aliphatic hydroxyl groups is 1. The molecule has 2 amide bonds. The van der Waals surface area contributed by atoms with Crippen LogP contribution in [0.2, 0.25) is 0 Å². The van der Waals surface area contributed by atoms with E-state index in [0.717, 1.165) is 25.8 Å². The largest absolute Gasteiger partial charge is 0.392 e. The fraction of sp³-hybridized carbons (Fsp3) is 0.875. The van der Waals surface area contributed by atoms with Gasteiger partial charge in [0.25, 0.3) is 0 Å². The lowest BCUT2D eigenvalue weighted by atomic mass is 9.88. The van der Waals surface area contributed by atoms with Crippen molar-refractivity contribution in [2.75, 3.05) is 19.6 Å². The Kier molecular flexibility index (Phi) is 6.68. The summed E-state index contributed by atoms with van der Waals surface area (Å²) in [7, 11) is 0. The molecule has 2 saturated heterocycles. The second-order valence-electron chi connectivity index (χ2n) is 6.96. The van der Waals surface area contributed by atoms with Crippen LogP contribution in [0.3, 0.4) is 0 Å². The predicted molar refractivity (Wildman–Crippen MR) is 89.4 cm³/mol. The highest BCUT2D eigenvalue weighted by Crippen LogP contribution is 2.26. The number of β-amino-alcohol motifs (C(OH)–C–C–N with tert-alkyl or cyclic N) is 1. The lowest BCUT2D eigenvalue weighted by Crippen LogP contribution is -2.46. The van der Waals surface area contributed by atoms with Crippen LogP contribution in [0.25, 0.3) is 0 Å². The lowest BCUT2D eigenvalue weighted by molar-refractivity contribution is -0.135. The average Bonchev–Trinajstić information content (AvgIpc) is 3.16. The van der Waals surface area contributed by atoms with Crippen molar-refractivity contribution in [1.29, 1.82) is 0 Å². The first kappa shape index (κ1) is 18.5. The van der Waals surface area contributed by atoms with Crippen molar-refractivity contribution in [2.24, 2.45) is 5.92 Å². The van der Waals surface area contributed by atoms with Crippen LogP contribution in [-0.2, 0) is 9.59 Å². The molecule has 0 aromatic rings. The van der Waals surface area contributed by atoms with Gasteiger partial charge in [0.1, 0.15) is 0 Å². The van der Waals surface area contributed by atoms with Crippen LogP contribution in [0, 0.1) is 5.92 Å². The topological polar surface area (TPSA) is 81.7 Å². The zero-order valence-corrected chi connectivity index (χ0v) is 14.3. The van der Waals surface area contributed by atoms with E-state index in [1.807, 2.05) is 4.90 Å². The molecule has 0 aromatic heterocycles. The molecule has 6 nitrogen and oxygen atoms in total. The predicted octanol–water partition coefficient (Wildman–Crippen LogP) is 0.428. The third-order valence-electron chi connectivity index (χ3n) is 5.22. The van der Waals surface area contributed by atoms with Crippen LogP contribution in [0.1, 0.15) is 44.9 Å². The second kappa shape index (κ2) is 8.31. The van der Waals surface area contributed by atoms with Crippen LogP contribution in [0.15, 0.2) is 0 Å². The van der Waals surface area contributed by atoms with Crippen LogP contribution in [-0.4, -0.2) is 59.6 Å². The highest BCUT2D eigenvalue weighted by Gasteiger charge is 2.34. The van der Waals surface area contributed by atoms with Gasteiger partial charge < -0.3 is 20.6 Å². The summed E-state index contributed by atoms with van der Waals surface area (Å²) in [5.41, 5.74) is 0. The average molecular weight is 346 g/mol. The van der Waals surface area contributed by atoms with E-state index in [4.69, 9.17) is 0 Å². The Balaban J connectivity index is 0.00000192. The number of halogens is 1. The molecular formula is C16H28ClN3O3. The Bertz CT molecular complexity index is 429. The van der Waals surface area contributed by atoms with Crippen LogP contribution in [0.5, 0.6) is 0 Å². The fourth-order valence-electron chi connectivity index (χ4n) is 3.90. The van der Waals surface area contributed by atoms with Gasteiger partial charge in [-0.3, -0.25) is 9.59 Å². The monoisotopic (exact) mass is 345 g/mol. The number of carbonyl (C=O) groups excluding carboxylic acids is 2. The van der Waals surface area contributed by atoms with E-state index >= 15 is 0 Å². The lowest BCUT2D eigenvalue weighted by Gasteiger charge is -2.26. The number of nitrogens with zero attached hydrogens (tertiary/aromatic N) is 1. The molecule has 0 radical (unpaired) electrons. The number of likely N-dealkylation sites (tertiary alicyclic amines) is 1. The normalized spacial score (nSPS) is 31.7. The maximum Gasteiger partial charge on any atom is 0.237 e. The summed E-state index contributed by atoms with van der Waals surface area (Å²) in [5, 5.41) is 15.5. The SMILES string of the molecule is Cl.O=C(NC1CCN(C(=O)C2CCCCC2)C1)C1CC(O)CN1. The molecule has 7 heteroatoms. The highest BCUT2D eigenvalue weighted by molar-refractivity contribution is 5.85. The summed E-state index contributed by atoms with van der Waals surface area (Å²) >= 11 is 0. The fourth-order valence-corrected chi connectivity index (χ4v) is 3.90. The van der Waals surface area contributed by atoms with Gasteiger partial charge in [-0.1, -0.05) is 19.3 Å². The Morgan fingerprint density at radius 2 is 1.87 bits per heavy atom. The van der Waals surface area contributed by atoms with Gasteiger partial charge in [0.2, 0.25) is 11.8 Å². The molecule has 0 spiro atoms. The molecule has 23 heavy (non-hydrogen) atoms. The van der Waals surface area contributed by atoms with Crippen molar-refractivity contribution < 1.29 is 14.7 Å². The van der Waals surface area contributed by atoms with Crippen molar-refractivity contribution in [2.45, 2.75) is 63.1 Å². The molecule has 0 aromatic carbocycles. The van der Waals surface area contributed by atoms with Gasteiger partial charge in [0.05, 0.1) is 12.1 Å². The van der Waals surface area contributed by atoms with Gasteiger partial charge in [0.15, 0.2) is 0 Å². The molecule has 3 rings (SSSR count). The van der Waals surface area contributed by atoms with Gasteiger partial charge >= 0.3 is 0 Å². The molecule has 1 saturated carbocycles. The van der Waals surface area contributed by atoms with E-state index < -0.39 is 6.10 Å². The molecule has 0 bridgehead atoms. The summed E-state index contributed by atoms with van der Waals surface area (Å²) < 4.78 is 0. The summed E-state index contributed by atoms with van der Waals surface area (Å²) in [6, 6.07) is -0.238. The van der Waals surface area contributed by atoms with Gasteiger partial charge in [0, 0.05) is 31.6 Å². The first-order chi connectivity index (χ1) is 10.6. The molecule has 132 valence electrons. The van der Waals surface area contributed by atoms with Crippen molar-refractivity contribution >= 4 is 24.2 Å². The maximum absolute atomic E-state index is 12.5. The minimum absolute atomic E-state index is 0. The zero-order valence-electron chi connectivity index (χ0n) is 13.5. The van der Waals surface area contributed by atoms with Gasteiger partial charge in [-0.2, -0.15) is 0 Å². The first-order valence-corrected chi connectivity index (χ1v) is 8.64. The number of rotatable bonds is 3. The summed E-state index contributed by atoms with van der Waals surface area (Å²) in [6.07, 6.45) is 6.52. The van der Waals surface area contributed by atoms with E-state index in [2.05, 4.69) is 10.6 Å². The second-order valence-corrected chi connectivity index (χ2v) is 6.96. The van der Waals surface area contributed by atoms with Crippen molar-refractivity contribution in [1.82, 2.24) is 15.5 Å². The molecule has 3 N–H and O–H groups in total. The summed E-state index contributed by atoms with van der Waals surface area (Å²) in [4.78, 5) is 26.6. The Morgan fingerprint density at radius 3 is 2.52 bits per heavy atom. The van der Waals surface area contributed by atoms with E-state index in [1.54, 1.807) is 0 Å². The Labute approximate surface area is 143 Å². The number of hydrogen-bond acceptors (Lipinski definition) is 4. The molecule has 3 fully saturated rings. The maximum atomic E-state index is 12.5. The van der Waals surface area contributed by atoms with E-state index in [0.29, 0.717) is 19.5 Å².